The number of anilines is 1. The van der Waals surface area contributed by atoms with Gasteiger partial charge >= 0.3 is 0 Å². The van der Waals surface area contributed by atoms with Crippen LogP contribution in [0.3, 0.4) is 0 Å². The van der Waals surface area contributed by atoms with Crippen LogP contribution in [0.2, 0.25) is 0 Å². The van der Waals surface area contributed by atoms with Crippen LogP contribution in [0.5, 0.6) is 0 Å². The van der Waals surface area contributed by atoms with E-state index in [-0.39, 0.29) is 5.91 Å². The zero-order valence-corrected chi connectivity index (χ0v) is 15.5. The molecule has 2 aromatic carbocycles. The van der Waals surface area contributed by atoms with Crippen LogP contribution in [0.1, 0.15) is 21.6 Å². The number of carbonyl (C=O) groups is 1. The third-order valence-electron chi connectivity index (χ3n) is 4.89. The number of nitrogens with zero attached hydrogens (tertiary/aromatic N) is 3. The first-order valence-electron chi connectivity index (χ1n) is 8.79. The van der Waals surface area contributed by atoms with Crippen molar-refractivity contribution < 1.29 is 4.79 Å². The zero-order valence-electron chi connectivity index (χ0n) is 15.5. The largest absolute Gasteiger partial charge is 0.320 e. The molecule has 0 aliphatic carbocycles. The molecular formula is C22H20N4O. The Morgan fingerprint density at radius 1 is 1.07 bits per heavy atom. The second kappa shape index (κ2) is 6.68. The van der Waals surface area contributed by atoms with Gasteiger partial charge in [-0.3, -0.25) is 14.5 Å². The molecule has 1 amide bonds. The number of aromatic nitrogens is 3. The predicted molar refractivity (Wildman–Crippen MR) is 108 cm³/mol. The summed E-state index contributed by atoms with van der Waals surface area (Å²) in [5, 5.41) is 8.07. The van der Waals surface area contributed by atoms with E-state index in [2.05, 4.69) is 40.5 Å². The third kappa shape index (κ3) is 3.08. The second-order valence-corrected chi connectivity index (χ2v) is 6.64. The highest BCUT2D eigenvalue weighted by Crippen LogP contribution is 2.30. The van der Waals surface area contributed by atoms with Crippen LogP contribution in [0, 0.1) is 13.8 Å². The highest BCUT2D eigenvalue weighted by molar-refractivity contribution is 6.05. The molecule has 27 heavy (non-hydrogen) atoms. The lowest BCUT2D eigenvalue weighted by Gasteiger charge is -2.12. The number of aryl methyl sites for hydroxylation is 3. The maximum Gasteiger partial charge on any atom is 0.273 e. The molecule has 0 aliphatic rings. The molecule has 0 bridgehead atoms. The van der Waals surface area contributed by atoms with Crippen molar-refractivity contribution in [3.63, 3.8) is 0 Å². The van der Waals surface area contributed by atoms with Gasteiger partial charge in [-0.1, -0.05) is 24.3 Å². The molecule has 134 valence electrons. The average molecular weight is 356 g/mol. The van der Waals surface area contributed by atoms with Crippen LogP contribution >= 0.6 is 0 Å². The molecular weight excluding hydrogens is 336 g/mol. The lowest BCUT2D eigenvalue weighted by Crippen LogP contribution is -2.16. The van der Waals surface area contributed by atoms with Crippen molar-refractivity contribution in [3.05, 3.63) is 77.7 Å². The Balaban J connectivity index is 1.76. The molecule has 0 fully saturated rings. The Morgan fingerprint density at radius 3 is 2.63 bits per heavy atom. The first-order valence-corrected chi connectivity index (χ1v) is 8.79. The fourth-order valence-electron chi connectivity index (χ4n) is 3.30. The van der Waals surface area contributed by atoms with E-state index >= 15 is 0 Å². The maximum absolute atomic E-state index is 12.5. The van der Waals surface area contributed by atoms with Gasteiger partial charge in [0.05, 0.1) is 5.52 Å². The van der Waals surface area contributed by atoms with Gasteiger partial charge < -0.3 is 5.32 Å². The highest BCUT2D eigenvalue weighted by atomic mass is 16.2. The van der Waals surface area contributed by atoms with Gasteiger partial charge in [0.1, 0.15) is 5.69 Å². The van der Waals surface area contributed by atoms with E-state index in [1.165, 1.54) is 5.56 Å². The standard InChI is InChI=1S/C22H20N4O/c1-14-6-4-5-7-17(14)16-12-18-15(2)19(8-9-20(18)23-13-16)25-22(27)21-10-11-24-26(21)3/h4-13H,1-3H3,(H,25,27). The van der Waals surface area contributed by atoms with Crippen molar-refractivity contribution in [1.82, 2.24) is 14.8 Å². The van der Waals surface area contributed by atoms with Crippen LogP contribution in [0.15, 0.2) is 60.9 Å². The predicted octanol–water partition coefficient (Wildman–Crippen LogP) is 4.50. The highest BCUT2D eigenvalue weighted by Gasteiger charge is 2.13. The molecule has 2 aromatic heterocycles. The zero-order chi connectivity index (χ0) is 19.0. The molecule has 4 aromatic rings. The summed E-state index contributed by atoms with van der Waals surface area (Å²) in [7, 11) is 1.75. The molecule has 1 N–H and O–H groups in total. The fraction of sp³-hybridized carbons (Fsp3) is 0.136. The summed E-state index contributed by atoms with van der Waals surface area (Å²) in [5.74, 6) is -0.180. The molecule has 0 aliphatic heterocycles. The number of rotatable bonds is 3. The summed E-state index contributed by atoms with van der Waals surface area (Å²) in [5.41, 5.74) is 6.62. The third-order valence-corrected chi connectivity index (χ3v) is 4.89. The number of hydrogen-bond donors (Lipinski definition) is 1. The Hall–Kier alpha value is -3.47. The van der Waals surface area contributed by atoms with Crippen molar-refractivity contribution >= 4 is 22.5 Å². The lowest BCUT2D eigenvalue weighted by atomic mass is 9.99. The summed E-state index contributed by atoms with van der Waals surface area (Å²) in [6.07, 6.45) is 3.51. The number of benzene rings is 2. The van der Waals surface area contributed by atoms with Crippen molar-refractivity contribution in [2.75, 3.05) is 5.32 Å². The Morgan fingerprint density at radius 2 is 1.89 bits per heavy atom. The number of nitrogens with one attached hydrogen (secondary N) is 1. The normalized spacial score (nSPS) is 10.9. The van der Waals surface area contributed by atoms with E-state index in [1.54, 1.807) is 24.0 Å². The van der Waals surface area contributed by atoms with E-state index < -0.39 is 0 Å². The van der Waals surface area contributed by atoms with Crippen molar-refractivity contribution in [2.45, 2.75) is 13.8 Å². The van der Waals surface area contributed by atoms with E-state index in [4.69, 9.17) is 0 Å². The Labute approximate surface area is 157 Å². The number of hydrogen-bond acceptors (Lipinski definition) is 3. The van der Waals surface area contributed by atoms with Gasteiger partial charge in [-0.2, -0.15) is 5.10 Å². The first-order chi connectivity index (χ1) is 13.0. The molecule has 5 heteroatoms. The van der Waals surface area contributed by atoms with Gasteiger partial charge in [0.2, 0.25) is 0 Å². The maximum atomic E-state index is 12.5. The Bertz CT molecular complexity index is 1160. The quantitative estimate of drug-likeness (QED) is 0.588. The first kappa shape index (κ1) is 17.0. The topological polar surface area (TPSA) is 59.8 Å². The monoisotopic (exact) mass is 356 g/mol. The fourth-order valence-corrected chi connectivity index (χ4v) is 3.30. The van der Waals surface area contributed by atoms with Gasteiger partial charge in [-0.25, -0.2) is 0 Å². The summed E-state index contributed by atoms with van der Waals surface area (Å²) in [6, 6.07) is 15.9. The van der Waals surface area contributed by atoms with Gasteiger partial charge in [-0.15, -0.1) is 0 Å². The van der Waals surface area contributed by atoms with Crippen molar-refractivity contribution in [1.29, 1.82) is 0 Å². The molecule has 0 saturated carbocycles. The minimum absolute atomic E-state index is 0.180. The van der Waals surface area contributed by atoms with Crippen LogP contribution in [0.25, 0.3) is 22.0 Å². The van der Waals surface area contributed by atoms with Crippen molar-refractivity contribution in [3.8, 4) is 11.1 Å². The van der Waals surface area contributed by atoms with Crippen LogP contribution in [0.4, 0.5) is 5.69 Å². The van der Waals surface area contributed by atoms with E-state index in [0.717, 1.165) is 33.3 Å². The van der Waals surface area contributed by atoms with Gasteiger partial charge in [-0.05, 0) is 54.8 Å². The van der Waals surface area contributed by atoms with Crippen LogP contribution in [-0.4, -0.2) is 20.7 Å². The number of fused-ring (bicyclic) bond motifs is 1. The van der Waals surface area contributed by atoms with Crippen LogP contribution < -0.4 is 5.32 Å². The minimum Gasteiger partial charge on any atom is -0.320 e. The van der Waals surface area contributed by atoms with E-state index in [9.17, 15) is 4.79 Å². The molecule has 4 rings (SSSR count). The molecule has 5 nitrogen and oxygen atoms in total. The minimum atomic E-state index is -0.180. The number of pyridine rings is 1. The summed E-state index contributed by atoms with van der Waals surface area (Å²) < 4.78 is 1.56. The van der Waals surface area contributed by atoms with E-state index in [1.807, 2.05) is 37.4 Å². The summed E-state index contributed by atoms with van der Waals surface area (Å²) in [6.45, 7) is 4.10. The molecule has 0 atom stereocenters. The molecule has 0 radical (unpaired) electrons. The summed E-state index contributed by atoms with van der Waals surface area (Å²) >= 11 is 0. The lowest BCUT2D eigenvalue weighted by molar-refractivity contribution is 0.101. The van der Waals surface area contributed by atoms with Crippen molar-refractivity contribution in [2.24, 2.45) is 7.05 Å². The molecule has 0 saturated heterocycles. The SMILES string of the molecule is Cc1ccccc1-c1cnc2ccc(NC(=O)c3ccnn3C)c(C)c2c1. The second-order valence-electron chi connectivity index (χ2n) is 6.64. The molecule has 2 heterocycles. The number of carbonyl (C=O) groups excluding carboxylic acids is 1. The van der Waals surface area contributed by atoms with Gasteiger partial charge in [0.15, 0.2) is 0 Å². The smallest absolute Gasteiger partial charge is 0.273 e. The number of amides is 1. The van der Waals surface area contributed by atoms with Gasteiger partial charge in [0, 0.05) is 36.1 Å². The Kier molecular flexibility index (Phi) is 4.20. The molecule has 0 unspecified atom stereocenters. The summed E-state index contributed by atoms with van der Waals surface area (Å²) in [4.78, 5) is 17.1. The van der Waals surface area contributed by atoms with E-state index in [0.29, 0.717) is 5.69 Å². The average Bonchev–Trinajstić information content (AvgIpc) is 3.10. The van der Waals surface area contributed by atoms with Crippen LogP contribution in [-0.2, 0) is 7.05 Å². The van der Waals surface area contributed by atoms with Gasteiger partial charge in [0.25, 0.3) is 5.91 Å². The molecule has 0 spiro atoms.